The van der Waals surface area contributed by atoms with Crippen molar-refractivity contribution < 1.29 is 9.84 Å². The van der Waals surface area contributed by atoms with E-state index in [0.29, 0.717) is 6.61 Å². The van der Waals surface area contributed by atoms with Crippen LogP contribution in [0, 0.1) is 11.8 Å². The molecule has 0 aromatic carbocycles. The van der Waals surface area contributed by atoms with Gasteiger partial charge in [-0.3, -0.25) is 4.90 Å². The second-order valence-electron chi connectivity index (χ2n) is 5.56. The molecule has 2 saturated heterocycles. The fourth-order valence-corrected chi connectivity index (χ4v) is 2.53. The van der Waals surface area contributed by atoms with Crippen molar-refractivity contribution in [3.8, 4) is 0 Å². The highest BCUT2D eigenvalue weighted by Crippen LogP contribution is 2.31. The summed E-state index contributed by atoms with van der Waals surface area (Å²) in [5.41, 5.74) is -0.595. The first-order valence-corrected chi connectivity index (χ1v) is 6.07. The smallest absolute Gasteiger partial charge is 0.105 e. The number of ether oxygens (including phenoxy) is 1. The Labute approximate surface area is 92.4 Å². The molecule has 88 valence electrons. The molecule has 2 aliphatic rings. The van der Waals surface area contributed by atoms with Gasteiger partial charge in [0.25, 0.3) is 0 Å². The topological polar surface area (TPSA) is 32.7 Å². The van der Waals surface area contributed by atoms with E-state index in [1.807, 2.05) is 6.92 Å². The predicted octanol–water partition coefficient (Wildman–Crippen LogP) is 1.11. The van der Waals surface area contributed by atoms with Crippen LogP contribution in [0.25, 0.3) is 0 Å². The van der Waals surface area contributed by atoms with E-state index in [9.17, 15) is 5.11 Å². The van der Waals surface area contributed by atoms with Crippen molar-refractivity contribution >= 4 is 0 Å². The number of aliphatic hydroxyl groups is 1. The van der Waals surface area contributed by atoms with E-state index < -0.39 is 5.60 Å². The molecule has 0 saturated carbocycles. The largest absolute Gasteiger partial charge is 0.386 e. The standard InChI is InChI=1S/C12H23NO2/c1-9(2)11-6-13(7-11)8-12(14)4-5-15-10(12)3/h9-11,14H,4-8H2,1-3H3. The highest BCUT2D eigenvalue weighted by atomic mass is 16.5. The molecule has 2 fully saturated rings. The van der Waals surface area contributed by atoms with Gasteiger partial charge in [0.05, 0.1) is 6.10 Å². The minimum absolute atomic E-state index is 0.00407. The molecule has 1 N–H and O–H groups in total. The van der Waals surface area contributed by atoms with Gasteiger partial charge < -0.3 is 9.84 Å². The summed E-state index contributed by atoms with van der Waals surface area (Å²) in [7, 11) is 0. The molecule has 2 unspecified atom stereocenters. The Morgan fingerprint density at radius 1 is 1.47 bits per heavy atom. The lowest BCUT2D eigenvalue weighted by Crippen LogP contribution is -2.56. The van der Waals surface area contributed by atoms with E-state index in [1.165, 1.54) is 0 Å². The van der Waals surface area contributed by atoms with Crippen LogP contribution in [0.4, 0.5) is 0 Å². The molecule has 2 rings (SSSR count). The van der Waals surface area contributed by atoms with Crippen LogP contribution >= 0.6 is 0 Å². The molecule has 0 aromatic heterocycles. The fraction of sp³-hybridized carbons (Fsp3) is 1.00. The molecule has 2 aliphatic heterocycles. The van der Waals surface area contributed by atoms with Crippen molar-refractivity contribution in [3.05, 3.63) is 0 Å². The van der Waals surface area contributed by atoms with E-state index in [-0.39, 0.29) is 6.10 Å². The molecule has 0 bridgehead atoms. The average Bonchev–Trinajstić information content (AvgIpc) is 2.39. The zero-order chi connectivity index (χ0) is 11.1. The molecule has 3 heteroatoms. The van der Waals surface area contributed by atoms with Gasteiger partial charge in [-0.2, -0.15) is 0 Å². The van der Waals surface area contributed by atoms with Crippen molar-refractivity contribution in [2.75, 3.05) is 26.2 Å². The average molecular weight is 213 g/mol. The Balaban J connectivity index is 1.79. The third-order valence-electron chi connectivity index (χ3n) is 4.09. The lowest BCUT2D eigenvalue weighted by atomic mass is 9.86. The van der Waals surface area contributed by atoms with Gasteiger partial charge in [-0.15, -0.1) is 0 Å². The zero-order valence-corrected chi connectivity index (χ0v) is 10.1. The Hall–Kier alpha value is -0.120. The van der Waals surface area contributed by atoms with Crippen molar-refractivity contribution in [2.24, 2.45) is 11.8 Å². The van der Waals surface area contributed by atoms with E-state index in [0.717, 1.165) is 37.9 Å². The first-order chi connectivity index (χ1) is 7.01. The lowest BCUT2D eigenvalue weighted by molar-refractivity contribution is -0.0734. The van der Waals surface area contributed by atoms with Crippen LogP contribution in [0.15, 0.2) is 0 Å². The number of hydrogen-bond acceptors (Lipinski definition) is 3. The Bertz CT molecular complexity index is 226. The highest BCUT2D eigenvalue weighted by Gasteiger charge is 2.43. The van der Waals surface area contributed by atoms with Crippen LogP contribution in [0.3, 0.4) is 0 Å². The van der Waals surface area contributed by atoms with Gasteiger partial charge in [-0.05, 0) is 18.8 Å². The molecule has 15 heavy (non-hydrogen) atoms. The maximum atomic E-state index is 10.4. The van der Waals surface area contributed by atoms with Crippen LogP contribution in [0.2, 0.25) is 0 Å². The third kappa shape index (κ3) is 2.19. The van der Waals surface area contributed by atoms with E-state index in [2.05, 4.69) is 18.7 Å². The normalized spacial score (nSPS) is 38.6. The summed E-state index contributed by atoms with van der Waals surface area (Å²) in [5, 5.41) is 10.4. The Kier molecular flexibility index (Phi) is 3.06. The summed E-state index contributed by atoms with van der Waals surface area (Å²) in [6, 6.07) is 0. The molecule has 0 spiro atoms. The molecule has 3 nitrogen and oxygen atoms in total. The Morgan fingerprint density at radius 2 is 2.13 bits per heavy atom. The van der Waals surface area contributed by atoms with Crippen molar-refractivity contribution in [1.29, 1.82) is 0 Å². The highest BCUT2D eigenvalue weighted by molar-refractivity contribution is 4.95. The maximum Gasteiger partial charge on any atom is 0.105 e. The minimum Gasteiger partial charge on any atom is -0.386 e. The van der Waals surface area contributed by atoms with Gasteiger partial charge in [0.15, 0.2) is 0 Å². The van der Waals surface area contributed by atoms with Crippen LogP contribution in [-0.4, -0.2) is 48.0 Å². The zero-order valence-electron chi connectivity index (χ0n) is 10.1. The second kappa shape index (κ2) is 4.04. The summed E-state index contributed by atoms with van der Waals surface area (Å²) in [6.45, 7) is 10.3. The molecule has 0 aliphatic carbocycles. The molecular weight excluding hydrogens is 190 g/mol. The van der Waals surface area contributed by atoms with Gasteiger partial charge in [-0.1, -0.05) is 13.8 Å². The number of rotatable bonds is 3. The van der Waals surface area contributed by atoms with E-state index in [1.54, 1.807) is 0 Å². The number of hydrogen-bond donors (Lipinski definition) is 1. The second-order valence-corrected chi connectivity index (χ2v) is 5.56. The lowest BCUT2D eigenvalue weighted by Gasteiger charge is -2.45. The summed E-state index contributed by atoms with van der Waals surface area (Å²) < 4.78 is 5.44. The maximum absolute atomic E-state index is 10.4. The molecule has 0 amide bonds. The summed E-state index contributed by atoms with van der Waals surface area (Å²) in [5.74, 6) is 1.60. The Morgan fingerprint density at radius 3 is 2.60 bits per heavy atom. The van der Waals surface area contributed by atoms with Crippen molar-refractivity contribution in [2.45, 2.75) is 38.9 Å². The third-order valence-corrected chi connectivity index (χ3v) is 4.09. The summed E-state index contributed by atoms with van der Waals surface area (Å²) >= 11 is 0. The summed E-state index contributed by atoms with van der Waals surface area (Å²) in [4.78, 5) is 2.36. The number of β-amino-alcohol motifs (C(OH)–C–C–N with tert-alkyl or cyclic N) is 1. The number of likely N-dealkylation sites (tertiary alicyclic amines) is 1. The van der Waals surface area contributed by atoms with Crippen molar-refractivity contribution in [3.63, 3.8) is 0 Å². The quantitative estimate of drug-likeness (QED) is 0.762. The minimum atomic E-state index is -0.595. The predicted molar refractivity (Wildman–Crippen MR) is 59.7 cm³/mol. The van der Waals surface area contributed by atoms with Gasteiger partial charge in [0.2, 0.25) is 0 Å². The van der Waals surface area contributed by atoms with E-state index in [4.69, 9.17) is 4.74 Å². The van der Waals surface area contributed by atoms with Gasteiger partial charge >= 0.3 is 0 Å². The van der Waals surface area contributed by atoms with Gasteiger partial charge in [0, 0.05) is 32.7 Å². The fourth-order valence-electron chi connectivity index (χ4n) is 2.53. The molecule has 2 heterocycles. The van der Waals surface area contributed by atoms with Gasteiger partial charge in [-0.25, -0.2) is 0 Å². The van der Waals surface area contributed by atoms with Crippen LogP contribution in [-0.2, 0) is 4.74 Å². The number of nitrogens with zero attached hydrogens (tertiary/aromatic N) is 1. The van der Waals surface area contributed by atoms with Crippen molar-refractivity contribution in [1.82, 2.24) is 4.90 Å². The molecular formula is C12H23NO2. The van der Waals surface area contributed by atoms with Crippen LogP contribution in [0.1, 0.15) is 27.2 Å². The molecule has 0 aromatic rings. The molecule has 2 atom stereocenters. The first-order valence-electron chi connectivity index (χ1n) is 6.07. The van der Waals surface area contributed by atoms with Crippen LogP contribution < -0.4 is 0 Å². The van der Waals surface area contributed by atoms with E-state index >= 15 is 0 Å². The van der Waals surface area contributed by atoms with Gasteiger partial charge in [0.1, 0.15) is 5.60 Å². The van der Waals surface area contributed by atoms with Crippen LogP contribution in [0.5, 0.6) is 0 Å². The SMILES string of the molecule is CC(C)C1CN(CC2(O)CCOC2C)C1. The summed E-state index contributed by atoms with van der Waals surface area (Å²) in [6.07, 6.45) is 0.785. The monoisotopic (exact) mass is 213 g/mol. The molecule has 0 radical (unpaired) electrons. The first kappa shape index (κ1) is 11.4.